The first-order valence-electron chi connectivity index (χ1n) is 5.06. The Morgan fingerprint density at radius 2 is 2.14 bits per heavy atom. The second-order valence-corrected chi connectivity index (χ2v) is 3.76. The van der Waals surface area contributed by atoms with Crippen molar-refractivity contribution in [2.75, 3.05) is 13.3 Å². The molecule has 74 valence electrons. The molecule has 1 unspecified atom stereocenters. The van der Waals surface area contributed by atoms with Crippen LogP contribution in [0.5, 0.6) is 11.5 Å². The molecule has 3 heteroatoms. The van der Waals surface area contributed by atoms with Gasteiger partial charge in [0.25, 0.3) is 0 Å². The van der Waals surface area contributed by atoms with Crippen LogP contribution in [0.25, 0.3) is 0 Å². The number of ether oxygens (including phenoxy) is 2. The van der Waals surface area contributed by atoms with Crippen LogP contribution in [0.2, 0.25) is 0 Å². The number of rotatable bonds is 1. The van der Waals surface area contributed by atoms with Crippen LogP contribution in [0.15, 0.2) is 18.2 Å². The van der Waals surface area contributed by atoms with Crippen molar-refractivity contribution in [2.45, 2.75) is 18.9 Å². The van der Waals surface area contributed by atoms with Gasteiger partial charge in [-0.05, 0) is 37.1 Å². The zero-order valence-electron chi connectivity index (χ0n) is 7.95. The Labute approximate surface area is 83.0 Å². The smallest absolute Gasteiger partial charge is 0.231 e. The van der Waals surface area contributed by atoms with Gasteiger partial charge in [-0.1, -0.05) is 6.07 Å². The fourth-order valence-corrected chi connectivity index (χ4v) is 2.10. The van der Waals surface area contributed by atoms with Gasteiger partial charge >= 0.3 is 0 Å². The third-order valence-corrected chi connectivity index (χ3v) is 2.86. The Kier molecular flexibility index (Phi) is 1.84. The third kappa shape index (κ3) is 1.24. The monoisotopic (exact) mass is 191 g/mol. The topological polar surface area (TPSA) is 30.5 Å². The van der Waals surface area contributed by atoms with E-state index < -0.39 is 0 Å². The summed E-state index contributed by atoms with van der Waals surface area (Å²) in [7, 11) is 0. The normalized spacial score (nSPS) is 24.1. The lowest BCUT2D eigenvalue weighted by atomic mass is 10.1. The second-order valence-electron chi connectivity index (χ2n) is 3.76. The van der Waals surface area contributed by atoms with Gasteiger partial charge in [-0.2, -0.15) is 0 Å². The number of benzene rings is 1. The molecular weight excluding hydrogens is 178 g/mol. The van der Waals surface area contributed by atoms with Gasteiger partial charge in [0.05, 0.1) is 0 Å². The minimum atomic E-state index is 0.358. The summed E-state index contributed by atoms with van der Waals surface area (Å²) in [6.45, 7) is 1.48. The average molecular weight is 191 g/mol. The lowest BCUT2D eigenvalue weighted by Crippen LogP contribution is -2.12. The molecular formula is C11H13NO2. The molecule has 1 fully saturated rings. The highest BCUT2D eigenvalue weighted by molar-refractivity contribution is 5.45. The summed E-state index contributed by atoms with van der Waals surface area (Å²) in [5.41, 5.74) is 1.31. The summed E-state index contributed by atoms with van der Waals surface area (Å²) in [6.07, 6.45) is 2.48. The first kappa shape index (κ1) is 8.12. The zero-order chi connectivity index (χ0) is 9.38. The number of hydrogen-bond acceptors (Lipinski definition) is 3. The molecule has 0 aliphatic carbocycles. The summed E-state index contributed by atoms with van der Waals surface area (Å²) < 4.78 is 10.6. The van der Waals surface area contributed by atoms with Crippen LogP contribution in [0, 0.1) is 0 Å². The predicted molar refractivity (Wildman–Crippen MR) is 52.5 cm³/mol. The van der Waals surface area contributed by atoms with Gasteiger partial charge in [0.15, 0.2) is 11.5 Å². The largest absolute Gasteiger partial charge is 0.454 e. The molecule has 1 aromatic carbocycles. The molecule has 0 amide bonds. The maximum absolute atomic E-state index is 5.35. The lowest BCUT2D eigenvalue weighted by molar-refractivity contribution is 0.174. The quantitative estimate of drug-likeness (QED) is 0.734. The standard InChI is InChI=1S/C11H13NO2/c1-2-9(12-5-1)8-3-4-10-11(6-8)14-7-13-10/h3-4,6,9,12H,1-2,5,7H2. The highest BCUT2D eigenvalue weighted by Gasteiger charge is 2.19. The Bertz CT molecular complexity index is 345. The molecule has 2 aliphatic rings. The minimum absolute atomic E-state index is 0.358. The van der Waals surface area contributed by atoms with Crippen LogP contribution in [0.3, 0.4) is 0 Å². The molecule has 3 nitrogen and oxygen atoms in total. The molecule has 1 atom stereocenters. The molecule has 0 spiro atoms. The molecule has 2 aliphatic heterocycles. The average Bonchev–Trinajstić information content (AvgIpc) is 2.88. The van der Waals surface area contributed by atoms with E-state index in [0.717, 1.165) is 18.0 Å². The first-order chi connectivity index (χ1) is 6.93. The number of nitrogens with one attached hydrogen (secondary N) is 1. The fraction of sp³-hybridized carbons (Fsp3) is 0.455. The number of fused-ring (bicyclic) bond motifs is 1. The lowest BCUT2D eigenvalue weighted by Gasteiger charge is -2.10. The molecule has 1 saturated heterocycles. The van der Waals surface area contributed by atoms with Crippen molar-refractivity contribution in [2.24, 2.45) is 0 Å². The van der Waals surface area contributed by atoms with Gasteiger partial charge in [0.2, 0.25) is 6.79 Å². The third-order valence-electron chi connectivity index (χ3n) is 2.86. The van der Waals surface area contributed by atoms with Crippen LogP contribution in [0.1, 0.15) is 24.4 Å². The van der Waals surface area contributed by atoms with Crippen molar-refractivity contribution in [3.05, 3.63) is 23.8 Å². The van der Waals surface area contributed by atoms with E-state index in [1.54, 1.807) is 0 Å². The van der Waals surface area contributed by atoms with Crippen LogP contribution in [0.4, 0.5) is 0 Å². The van der Waals surface area contributed by atoms with E-state index in [-0.39, 0.29) is 0 Å². The Hall–Kier alpha value is -1.22. The summed E-state index contributed by atoms with van der Waals surface area (Å²) in [5, 5.41) is 3.47. The molecule has 3 rings (SSSR count). The summed E-state index contributed by atoms with van der Waals surface area (Å²) >= 11 is 0. The molecule has 14 heavy (non-hydrogen) atoms. The van der Waals surface area contributed by atoms with Crippen LogP contribution < -0.4 is 14.8 Å². The SMILES string of the molecule is c1cc2c(cc1C1CCCN1)OCO2. The van der Waals surface area contributed by atoms with E-state index in [0.29, 0.717) is 12.8 Å². The Morgan fingerprint density at radius 3 is 3.00 bits per heavy atom. The van der Waals surface area contributed by atoms with Gasteiger partial charge in [0, 0.05) is 6.04 Å². The van der Waals surface area contributed by atoms with Crippen molar-refractivity contribution < 1.29 is 9.47 Å². The Morgan fingerprint density at radius 1 is 1.21 bits per heavy atom. The van der Waals surface area contributed by atoms with Gasteiger partial charge in [-0.3, -0.25) is 0 Å². The van der Waals surface area contributed by atoms with Crippen molar-refractivity contribution in [3.8, 4) is 11.5 Å². The van der Waals surface area contributed by atoms with Crippen molar-refractivity contribution in [1.82, 2.24) is 5.32 Å². The second kappa shape index (κ2) is 3.17. The van der Waals surface area contributed by atoms with E-state index in [4.69, 9.17) is 9.47 Å². The molecule has 0 radical (unpaired) electrons. The molecule has 0 aromatic heterocycles. The van der Waals surface area contributed by atoms with Gasteiger partial charge in [-0.15, -0.1) is 0 Å². The van der Waals surface area contributed by atoms with Crippen LogP contribution in [-0.4, -0.2) is 13.3 Å². The van der Waals surface area contributed by atoms with E-state index in [1.807, 2.05) is 6.07 Å². The summed E-state index contributed by atoms with van der Waals surface area (Å²) in [6, 6.07) is 6.71. The van der Waals surface area contributed by atoms with Crippen molar-refractivity contribution >= 4 is 0 Å². The summed E-state index contributed by atoms with van der Waals surface area (Å²) in [4.78, 5) is 0. The fourth-order valence-electron chi connectivity index (χ4n) is 2.10. The zero-order valence-corrected chi connectivity index (χ0v) is 7.95. The maximum Gasteiger partial charge on any atom is 0.231 e. The van der Waals surface area contributed by atoms with Gasteiger partial charge < -0.3 is 14.8 Å². The highest BCUT2D eigenvalue weighted by Crippen LogP contribution is 2.35. The van der Waals surface area contributed by atoms with Crippen molar-refractivity contribution in [1.29, 1.82) is 0 Å². The Balaban J connectivity index is 1.91. The van der Waals surface area contributed by atoms with Gasteiger partial charge in [-0.25, -0.2) is 0 Å². The highest BCUT2D eigenvalue weighted by atomic mass is 16.7. The van der Waals surface area contributed by atoms with Gasteiger partial charge in [0.1, 0.15) is 0 Å². The van der Waals surface area contributed by atoms with E-state index in [9.17, 15) is 0 Å². The summed E-state index contributed by atoms with van der Waals surface area (Å²) in [5.74, 6) is 1.75. The van der Waals surface area contributed by atoms with E-state index >= 15 is 0 Å². The van der Waals surface area contributed by atoms with Crippen LogP contribution >= 0.6 is 0 Å². The van der Waals surface area contributed by atoms with E-state index in [2.05, 4.69) is 17.4 Å². The van der Waals surface area contributed by atoms with E-state index in [1.165, 1.54) is 18.4 Å². The molecule has 1 N–H and O–H groups in total. The molecule has 1 aromatic rings. The molecule has 0 bridgehead atoms. The van der Waals surface area contributed by atoms with Crippen LogP contribution in [-0.2, 0) is 0 Å². The molecule has 2 heterocycles. The predicted octanol–water partition coefficient (Wildman–Crippen LogP) is 1.84. The number of hydrogen-bond donors (Lipinski definition) is 1. The first-order valence-corrected chi connectivity index (χ1v) is 5.06. The molecule has 0 saturated carbocycles. The van der Waals surface area contributed by atoms with Crippen molar-refractivity contribution in [3.63, 3.8) is 0 Å². The maximum atomic E-state index is 5.35. The minimum Gasteiger partial charge on any atom is -0.454 e.